The number of hydrogen-bond acceptors (Lipinski definition) is 5. The van der Waals surface area contributed by atoms with E-state index in [0.29, 0.717) is 51.3 Å². The zero-order chi connectivity index (χ0) is 22.7. The van der Waals surface area contributed by atoms with Crippen molar-refractivity contribution in [2.75, 3.05) is 32.8 Å². The van der Waals surface area contributed by atoms with E-state index >= 15 is 0 Å². The summed E-state index contributed by atoms with van der Waals surface area (Å²) in [6.45, 7) is 4.70. The first-order valence-electron chi connectivity index (χ1n) is 11.2. The molecule has 0 bridgehead atoms. The van der Waals surface area contributed by atoms with Gasteiger partial charge < -0.3 is 18.9 Å². The lowest BCUT2D eigenvalue weighted by Crippen LogP contribution is -2.42. The molecule has 2 aliphatic heterocycles. The predicted octanol–water partition coefficient (Wildman–Crippen LogP) is 2.89. The van der Waals surface area contributed by atoms with E-state index in [0.717, 1.165) is 24.3 Å². The molecule has 0 spiro atoms. The Morgan fingerprint density at radius 1 is 1.06 bits per heavy atom. The second-order valence-corrected chi connectivity index (χ2v) is 10.2. The van der Waals surface area contributed by atoms with Crippen molar-refractivity contribution in [3.63, 3.8) is 0 Å². The van der Waals surface area contributed by atoms with E-state index in [1.807, 2.05) is 31.2 Å². The van der Waals surface area contributed by atoms with Crippen LogP contribution in [0.3, 0.4) is 0 Å². The normalized spacial score (nSPS) is 18.1. The summed E-state index contributed by atoms with van der Waals surface area (Å²) < 4.78 is 40.6. The quantitative estimate of drug-likeness (QED) is 0.633. The van der Waals surface area contributed by atoms with E-state index < -0.39 is 10.0 Å². The van der Waals surface area contributed by atoms with Crippen molar-refractivity contribution in [3.8, 4) is 11.5 Å². The molecule has 0 saturated carbocycles. The van der Waals surface area contributed by atoms with Gasteiger partial charge in [-0.1, -0.05) is 12.1 Å². The number of aryl methyl sites for hydroxylation is 1. The maximum atomic E-state index is 13.1. The monoisotopic (exact) mass is 461 g/mol. The van der Waals surface area contributed by atoms with Gasteiger partial charge in [-0.3, -0.25) is 4.79 Å². The molecule has 0 N–H and O–H groups in total. The van der Waals surface area contributed by atoms with Crippen LogP contribution in [0.5, 0.6) is 11.5 Å². The summed E-state index contributed by atoms with van der Waals surface area (Å²) in [7, 11) is -1.83. The third kappa shape index (κ3) is 4.63. The van der Waals surface area contributed by atoms with E-state index in [9.17, 15) is 13.2 Å². The van der Waals surface area contributed by atoms with Crippen LogP contribution in [0, 0.1) is 0 Å². The van der Waals surface area contributed by atoms with Crippen molar-refractivity contribution in [1.82, 2.24) is 13.8 Å². The van der Waals surface area contributed by atoms with E-state index in [4.69, 9.17) is 9.47 Å². The van der Waals surface area contributed by atoms with Crippen LogP contribution in [-0.2, 0) is 17.1 Å². The molecule has 2 aliphatic rings. The lowest BCUT2D eigenvalue weighted by atomic mass is 10.1. The van der Waals surface area contributed by atoms with Gasteiger partial charge >= 0.3 is 0 Å². The number of carbonyl (C=O) groups is 1. The van der Waals surface area contributed by atoms with Crippen LogP contribution < -0.4 is 9.47 Å². The summed E-state index contributed by atoms with van der Waals surface area (Å²) in [4.78, 5) is 15.1. The fourth-order valence-electron chi connectivity index (χ4n) is 4.31. The first kappa shape index (κ1) is 22.7. The first-order chi connectivity index (χ1) is 15.4. The minimum atomic E-state index is -3.55. The molecular weight excluding hydrogens is 430 g/mol. The van der Waals surface area contributed by atoms with E-state index in [-0.39, 0.29) is 16.9 Å². The van der Waals surface area contributed by atoms with Crippen LogP contribution in [0.2, 0.25) is 0 Å². The molecule has 0 aliphatic carbocycles. The zero-order valence-electron chi connectivity index (χ0n) is 18.7. The summed E-state index contributed by atoms with van der Waals surface area (Å²) in [5.41, 5.74) is 0.392. The molecule has 1 aromatic carbocycles. The van der Waals surface area contributed by atoms with E-state index in [1.54, 1.807) is 22.7 Å². The summed E-state index contributed by atoms with van der Waals surface area (Å²) in [5, 5.41) is 0. The predicted molar refractivity (Wildman–Crippen MR) is 121 cm³/mol. The molecule has 174 valence electrons. The molecule has 9 heteroatoms. The van der Waals surface area contributed by atoms with Crippen molar-refractivity contribution in [1.29, 1.82) is 0 Å². The van der Waals surface area contributed by atoms with E-state index in [1.165, 1.54) is 10.4 Å². The fraction of sp³-hybridized carbons (Fsp3) is 0.522. The Balaban J connectivity index is 1.39. The average molecular weight is 462 g/mol. The maximum absolute atomic E-state index is 13.1. The van der Waals surface area contributed by atoms with Crippen molar-refractivity contribution in [3.05, 3.63) is 42.2 Å². The number of carbonyl (C=O) groups excluding carboxylic acids is 1. The Bertz CT molecular complexity index is 1050. The number of hydrogen-bond donors (Lipinski definition) is 0. The van der Waals surface area contributed by atoms with Crippen LogP contribution in [-0.4, -0.2) is 67.0 Å². The Hall–Kier alpha value is -2.52. The van der Waals surface area contributed by atoms with Gasteiger partial charge in [0.25, 0.3) is 5.91 Å². The van der Waals surface area contributed by atoms with Gasteiger partial charge in [-0.2, -0.15) is 4.31 Å². The first-order valence-corrected chi connectivity index (χ1v) is 12.7. The molecule has 2 aromatic rings. The van der Waals surface area contributed by atoms with Gasteiger partial charge in [-0.05, 0) is 38.0 Å². The van der Waals surface area contributed by atoms with Gasteiger partial charge in [0.1, 0.15) is 16.7 Å². The minimum absolute atomic E-state index is 0.000161. The Morgan fingerprint density at radius 2 is 1.72 bits per heavy atom. The van der Waals surface area contributed by atoms with Gasteiger partial charge in [0, 0.05) is 52.3 Å². The topological polar surface area (TPSA) is 81.1 Å². The molecule has 32 heavy (non-hydrogen) atoms. The molecule has 0 atom stereocenters. The molecule has 8 nitrogen and oxygen atoms in total. The molecule has 0 unspecified atom stereocenters. The minimum Gasteiger partial charge on any atom is -0.490 e. The number of para-hydroxylation sites is 2. The number of piperidine rings is 1. The molecule has 2 fully saturated rings. The lowest BCUT2D eigenvalue weighted by Gasteiger charge is -2.32. The van der Waals surface area contributed by atoms with Crippen molar-refractivity contribution >= 4 is 15.9 Å². The summed E-state index contributed by atoms with van der Waals surface area (Å²) >= 11 is 0. The fourth-order valence-corrected chi connectivity index (χ4v) is 5.89. The highest BCUT2D eigenvalue weighted by Crippen LogP contribution is 2.30. The van der Waals surface area contributed by atoms with Crippen molar-refractivity contribution in [2.45, 2.75) is 43.6 Å². The highest BCUT2D eigenvalue weighted by atomic mass is 32.2. The number of nitrogens with zero attached hydrogens (tertiary/aromatic N) is 3. The zero-order valence-corrected chi connectivity index (χ0v) is 19.5. The van der Waals surface area contributed by atoms with Crippen molar-refractivity contribution in [2.24, 2.45) is 7.05 Å². The molecule has 1 aromatic heterocycles. The van der Waals surface area contributed by atoms with Crippen LogP contribution in [0.1, 0.15) is 43.1 Å². The number of rotatable bonds is 7. The second kappa shape index (κ2) is 9.54. The largest absolute Gasteiger partial charge is 0.490 e. The average Bonchev–Trinajstić information content (AvgIpc) is 3.46. The lowest BCUT2D eigenvalue weighted by molar-refractivity contribution is 0.0580. The van der Waals surface area contributed by atoms with E-state index in [2.05, 4.69) is 0 Å². The summed E-state index contributed by atoms with van der Waals surface area (Å²) in [6.07, 6.45) is 4.71. The van der Waals surface area contributed by atoms with Gasteiger partial charge in [0.15, 0.2) is 11.5 Å². The molecule has 0 radical (unpaired) electrons. The Morgan fingerprint density at radius 3 is 2.38 bits per heavy atom. The standard InChI is InChI=1S/C23H31N3O5S/c1-3-30-21-8-4-5-9-22(21)31-18-10-14-25(15-11-18)23(27)20-16-19(17-24(20)2)32(28,29)26-12-6-7-13-26/h4-5,8-9,16-18H,3,6-7,10-15H2,1-2H3. The highest BCUT2D eigenvalue weighted by Gasteiger charge is 2.31. The summed E-state index contributed by atoms with van der Waals surface area (Å²) in [6, 6.07) is 9.13. The Kier molecular flexibility index (Phi) is 6.76. The van der Waals surface area contributed by atoms with Crippen molar-refractivity contribution < 1.29 is 22.7 Å². The smallest absolute Gasteiger partial charge is 0.270 e. The van der Waals surface area contributed by atoms with Crippen LogP contribution >= 0.6 is 0 Å². The highest BCUT2D eigenvalue weighted by molar-refractivity contribution is 7.89. The summed E-state index contributed by atoms with van der Waals surface area (Å²) in [5.74, 6) is 1.30. The molecule has 2 saturated heterocycles. The van der Waals surface area contributed by atoms with Gasteiger partial charge in [0.05, 0.1) is 6.61 Å². The number of aromatic nitrogens is 1. The molecular formula is C23H31N3O5S. The molecule has 1 amide bonds. The Labute approximate surface area is 189 Å². The van der Waals surface area contributed by atoms with Crippen LogP contribution in [0.4, 0.5) is 0 Å². The van der Waals surface area contributed by atoms with Crippen LogP contribution in [0.15, 0.2) is 41.4 Å². The number of ether oxygens (including phenoxy) is 2. The number of likely N-dealkylation sites (tertiary alicyclic amines) is 1. The number of sulfonamides is 1. The van der Waals surface area contributed by atoms with Gasteiger partial charge in [0.2, 0.25) is 10.0 Å². The number of benzene rings is 1. The van der Waals surface area contributed by atoms with Gasteiger partial charge in [-0.15, -0.1) is 0 Å². The van der Waals surface area contributed by atoms with Crippen LogP contribution in [0.25, 0.3) is 0 Å². The number of amides is 1. The second-order valence-electron chi connectivity index (χ2n) is 8.27. The third-order valence-electron chi connectivity index (χ3n) is 6.07. The molecule has 3 heterocycles. The third-order valence-corrected chi connectivity index (χ3v) is 7.94. The van der Waals surface area contributed by atoms with Gasteiger partial charge in [-0.25, -0.2) is 8.42 Å². The SMILES string of the molecule is CCOc1ccccc1OC1CCN(C(=O)c2cc(S(=O)(=O)N3CCCC3)cn2C)CC1. The molecule has 4 rings (SSSR count). The maximum Gasteiger partial charge on any atom is 0.270 e.